The molecule has 0 amide bonds. The number of ether oxygens (including phenoxy) is 2. The Bertz CT molecular complexity index is 513. The third-order valence-electron chi connectivity index (χ3n) is 5.89. The molecule has 1 heterocycles. The minimum atomic E-state index is -0.343. The van der Waals surface area contributed by atoms with Crippen molar-refractivity contribution in [3.63, 3.8) is 0 Å². The Kier molecular flexibility index (Phi) is 3.77. The molecule has 1 saturated heterocycles. The predicted molar refractivity (Wildman–Crippen MR) is 77.6 cm³/mol. The average molecular weight is 308 g/mol. The van der Waals surface area contributed by atoms with Crippen molar-refractivity contribution >= 4 is 17.7 Å². The first-order valence-electron chi connectivity index (χ1n) is 8.21. The van der Waals surface area contributed by atoms with E-state index < -0.39 is 0 Å². The van der Waals surface area contributed by atoms with E-state index in [2.05, 4.69) is 13.8 Å². The number of esters is 2. The fourth-order valence-corrected chi connectivity index (χ4v) is 5.02. The van der Waals surface area contributed by atoms with Gasteiger partial charge < -0.3 is 9.47 Å². The van der Waals surface area contributed by atoms with Crippen molar-refractivity contribution in [1.82, 2.24) is 0 Å². The zero-order chi connectivity index (χ0) is 16.2. The molecule has 2 aliphatic carbocycles. The third kappa shape index (κ3) is 2.25. The summed E-state index contributed by atoms with van der Waals surface area (Å²) in [6.07, 6.45) is 0.543. The van der Waals surface area contributed by atoms with E-state index in [1.54, 1.807) is 0 Å². The minimum absolute atomic E-state index is 0.0574. The van der Waals surface area contributed by atoms with Gasteiger partial charge in [0.25, 0.3) is 0 Å². The van der Waals surface area contributed by atoms with Crippen LogP contribution in [-0.2, 0) is 23.9 Å². The van der Waals surface area contributed by atoms with Gasteiger partial charge in [-0.2, -0.15) is 0 Å². The second kappa shape index (κ2) is 5.36. The van der Waals surface area contributed by atoms with Crippen molar-refractivity contribution in [2.45, 2.75) is 52.7 Å². The average Bonchev–Trinajstić information content (AvgIpc) is 2.81. The maximum Gasteiger partial charge on any atom is 0.309 e. The Morgan fingerprint density at radius 1 is 1.14 bits per heavy atom. The quantitative estimate of drug-likeness (QED) is 0.693. The zero-order valence-electron chi connectivity index (χ0n) is 13.6. The van der Waals surface area contributed by atoms with Gasteiger partial charge in [-0.05, 0) is 18.3 Å². The number of carbonyl (C=O) groups excluding carboxylic acids is 3. The zero-order valence-corrected chi connectivity index (χ0v) is 13.6. The minimum Gasteiger partial charge on any atom is -0.462 e. The van der Waals surface area contributed by atoms with Gasteiger partial charge in [-0.1, -0.05) is 20.8 Å². The van der Waals surface area contributed by atoms with Crippen LogP contribution in [0.5, 0.6) is 0 Å². The number of Topliss-reactive ketones (excluding diaryl/α,β-unsaturated/α-hetero) is 1. The van der Waals surface area contributed by atoms with Crippen LogP contribution >= 0.6 is 0 Å². The number of hydrogen-bond acceptors (Lipinski definition) is 5. The second-order valence-corrected chi connectivity index (χ2v) is 7.38. The Morgan fingerprint density at radius 2 is 1.82 bits per heavy atom. The topological polar surface area (TPSA) is 69.7 Å². The molecular weight excluding hydrogens is 284 g/mol. The lowest BCUT2D eigenvalue weighted by Crippen LogP contribution is -2.38. The summed E-state index contributed by atoms with van der Waals surface area (Å²) in [5, 5.41) is 0. The normalized spacial score (nSPS) is 47.5. The van der Waals surface area contributed by atoms with E-state index in [-0.39, 0.29) is 65.4 Å². The lowest BCUT2D eigenvalue weighted by atomic mass is 9.77. The van der Waals surface area contributed by atoms with Crippen molar-refractivity contribution < 1.29 is 23.9 Å². The molecule has 0 aromatic carbocycles. The number of hydrogen-bond donors (Lipinski definition) is 0. The van der Waals surface area contributed by atoms with Gasteiger partial charge in [0.2, 0.25) is 0 Å². The van der Waals surface area contributed by atoms with E-state index in [0.29, 0.717) is 12.8 Å². The summed E-state index contributed by atoms with van der Waals surface area (Å²) in [6, 6.07) is 0. The van der Waals surface area contributed by atoms with Crippen molar-refractivity contribution in [3.05, 3.63) is 0 Å². The van der Waals surface area contributed by atoms with Crippen LogP contribution in [-0.4, -0.2) is 29.9 Å². The van der Waals surface area contributed by atoms with Gasteiger partial charge in [-0.3, -0.25) is 14.4 Å². The molecule has 5 nitrogen and oxygen atoms in total. The van der Waals surface area contributed by atoms with Crippen LogP contribution in [0.3, 0.4) is 0 Å². The molecule has 122 valence electrons. The molecule has 1 aliphatic heterocycles. The van der Waals surface area contributed by atoms with E-state index in [4.69, 9.17) is 9.47 Å². The summed E-state index contributed by atoms with van der Waals surface area (Å²) >= 11 is 0. The second-order valence-electron chi connectivity index (χ2n) is 7.38. The van der Waals surface area contributed by atoms with Crippen LogP contribution < -0.4 is 0 Å². The smallest absolute Gasteiger partial charge is 0.309 e. The highest BCUT2D eigenvalue weighted by molar-refractivity contribution is 5.85. The Balaban J connectivity index is 2.00. The molecule has 2 saturated carbocycles. The van der Waals surface area contributed by atoms with E-state index in [1.807, 2.05) is 6.92 Å². The molecule has 0 unspecified atom stereocenters. The van der Waals surface area contributed by atoms with Crippen molar-refractivity contribution in [2.24, 2.45) is 35.5 Å². The largest absolute Gasteiger partial charge is 0.462 e. The molecule has 3 rings (SSSR count). The number of carbonyl (C=O) groups is 3. The fraction of sp³-hybridized carbons (Fsp3) is 0.824. The number of ketones is 1. The van der Waals surface area contributed by atoms with E-state index in [1.165, 1.54) is 6.92 Å². The standard InChI is InChI=1S/C17H24O5/c1-7-5-11(19)13-8(2)6-12(21-10(4)18)15-9(3)17(20)22-16(15)14(7)13/h7-9,12-16H,5-6H2,1-4H3/t7-,8-,9-,12-,13+,14-,15+,16+/m0/s1. The summed E-state index contributed by atoms with van der Waals surface area (Å²) in [7, 11) is 0. The first-order valence-corrected chi connectivity index (χ1v) is 8.21. The molecule has 22 heavy (non-hydrogen) atoms. The molecule has 0 radical (unpaired) electrons. The Morgan fingerprint density at radius 3 is 2.45 bits per heavy atom. The van der Waals surface area contributed by atoms with Crippen LogP contribution in [0.25, 0.3) is 0 Å². The molecule has 0 aromatic heterocycles. The number of rotatable bonds is 1. The summed E-state index contributed by atoms with van der Waals surface area (Å²) < 4.78 is 11.2. The van der Waals surface area contributed by atoms with Crippen LogP contribution in [0.4, 0.5) is 0 Å². The SMILES string of the molecule is CC(=O)O[C@H]1C[C@H](C)[C@@H]2C(=O)C[C@H](C)[C@@H]2[C@H]2OC(=O)[C@@H](C)[C@@H]21. The van der Waals surface area contributed by atoms with Gasteiger partial charge in [0, 0.05) is 31.1 Å². The molecule has 0 spiro atoms. The third-order valence-corrected chi connectivity index (χ3v) is 5.89. The van der Waals surface area contributed by atoms with E-state index in [9.17, 15) is 14.4 Å². The molecule has 0 N–H and O–H groups in total. The van der Waals surface area contributed by atoms with Gasteiger partial charge in [-0.25, -0.2) is 0 Å². The van der Waals surface area contributed by atoms with Crippen molar-refractivity contribution in [3.8, 4) is 0 Å². The molecular formula is C17H24O5. The summed E-state index contributed by atoms with van der Waals surface area (Å²) in [5.74, 6) is -0.401. The van der Waals surface area contributed by atoms with E-state index in [0.717, 1.165) is 0 Å². The summed E-state index contributed by atoms with van der Waals surface area (Å²) in [4.78, 5) is 36.0. The lowest BCUT2D eigenvalue weighted by Gasteiger charge is -2.30. The van der Waals surface area contributed by atoms with Gasteiger partial charge in [0.1, 0.15) is 18.0 Å². The van der Waals surface area contributed by atoms with Crippen LogP contribution in [0.15, 0.2) is 0 Å². The highest BCUT2D eigenvalue weighted by atomic mass is 16.6. The first kappa shape index (κ1) is 15.5. The molecule has 0 aromatic rings. The molecule has 3 fully saturated rings. The van der Waals surface area contributed by atoms with Crippen LogP contribution in [0.2, 0.25) is 0 Å². The molecule has 0 bridgehead atoms. The van der Waals surface area contributed by atoms with Crippen LogP contribution in [0, 0.1) is 35.5 Å². The maximum atomic E-state index is 12.4. The summed E-state index contributed by atoms with van der Waals surface area (Å²) in [6.45, 7) is 7.35. The summed E-state index contributed by atoms with van der Waals surface area (Å²) in [5.41, 5.74) is 0. The number of fused-ring (bicyclic) bond motifs is 3. The Labute approximate surface area is 130 Å². The van der Waals surface area contributed by atoms with Crippen LogP contribution in [0.1, 0.15) is 40.5 Å². The van der Waals surface area contributed by atoms with Gasteiger partial charge in [0.05, 0.1) is 5.92 Å². The molecule has 3 aliphatic rings. The highest BCUT2D eigenvalue weighted by Crippen LogP contribution is 2.52. The fourth-order valence-electron chi connectivity index (χ4n) is 5.02. The van der Waals surface area contributed by atoms with Crippen molar-refractivity contribution in [2.75, 3.05) is 0 Å². The van der Waals surface area contributed by atoms with Gasteiger partial charge in [-0.15, -0.1) is 0 Å². The lowest BCUT2D eigenvalue weighted by molar-refractivity contribution is -0.151. The predicted octanol–water partition coefficient (Wildman–Crippen LogP) is 1.98. The van der Waals surface area contributed by atoms with E-state index >= 15 is 0 Å². The maximum absolute atomic E-state index is 12.4. The van der Waals surface area contributed by atoms with Crippen molar-refractivity contribution in [1.29, 1.82) is 0 Å². The highest BCUT2D eigenvalue weighted by Gasteiger charge is 2.59. The monoisotopic (exact) mass is 308 g/mol. The molecule has 5 heteroatoms. The van der Waals surface area contributed by atoms with Gasteiger partial charge >= 0.3 is 11.9 Å². The Hall–Kier alpha value is -1.39. The first-order chi connectivity index (χ1) is 10.3. The molecule has 8 atom stereocenters. The van der Waals surface area contributed by atoms with Gasteiger partial charge in [0.15, 0.2) is 0 Å².